The Balaban J connectivity index is 2.81. The van der Waals surface area contributed by atoms with Crippen molar-refractivity contribution < 1.29 is 21.4 Å². The number of alkyl halides is 2. The van der Waals surface area contributed by atoms with E-state index in [9.17, 15) is 17.2 Å². The van der Waals surface area contributed by atoms with E-state index in [-0.39, 0.29) is 5.75 Å². The highest BCUT2D eigenvalue weighted by atomic mass is 32.2. The van der Waals surface area contributed by atoms with Gasteiger partial charge >= 0.3 is 15.9 Å². The Labute approximate surface area is 73.0 Å². The van der Waals surface area contributed by atoms with Gasteiger partial charge in [-0.2, -0.15) is 22.3 Å². The SMILES string of the molecule is Cn1cc(OS(=O)(=O)C(F)F)cn1. The highest BCUT2D eigenvalue weighted by Gasteiger charge is 2.26. The molecule has 0 atom stereocenters. The van der Waals surface area contributed by atoms with Gasteiger partial charge in [0.25, 0.3) is 0 Å². The zero-order valence-electron chi connectivity index (χ0n) is 6.52. The Morgan fingerprint density at radius 1 is 1.62 bits per heavy atom. The molecule has 0 aliphatic rings. The predicted molar refractivity (Wildman–Crippen MR) is 38.8 cm³/mol. The second-order valence-corrected chi connectivity index (χ2v) is 3.70. The summed E-state index contributed by atoms with van der Waals surface area (Å²) in [7, 11) is -3.32. The molecule has 74 valence electrons. The summed E-state index contributed by atoms with van der Waals surface area (Å²) in [5.74, 6) is -3.78. The van der Waals surface area contributed by atoms with Crippen LogP contribution in [0, 0.1) is 0 Å². The molecule has 1 aromatic rings. The molecule has 0 unspecified atom stereocenters. The summed E-state index contributed by atoms with van der Waals surface area (Å²) >= 11 is 0. The van der Waals surface area contributed by atoms with Crippen molar-refractivity contribution in [3.05, 3.63) is 12.4 Å². The second kappa shape index (κ2) is 3.29. The Morgan fingerprint density at radius 3 is 2.62 bits per heavy atom. The summed E-state index contributed by atoms with van der Waals surface area (Å²) in [6.45, 7) is 0. The highest BCUT2D eigenvalue weighted by Crippen LogP contribution is 2.14. The van der Waals surface area contributed by atoms with E-state index in [1.54, 1.807) is 0 Å². The molecular formula is C5H6F2N2O3S. The fourth-order valence-electron chi connectivity index (χ4n) is 0.612. The van der Waals surface area contributed by atoms with E-state index in [2.05, 4.69) is 9.28 Å². The Bertz CT molecular complexity index is 386. The summed E-state index contributed by atoms with van der Waals surface area (Å²) in [4.78, 5) is 0. The van der Waals surface area contributed by atoms with Gasteiger partial charge in [0, 0.05) is 7.05 Å². The van der Waals surface area contributed by atoms with Crippen LogP contribution in [0.4, 0.5) is 8.78 Å². The largest absolute Gasteiger partial charge is 0.375 e. The third-order valence-electron chi connectivity index (χ3n) is 1.11. The highest BCUT2D eigenvalue weighted by molar-refractivity contribution is 7.87. The van der Waals surface area contributed by atoms with Crippen LogP contribution in [0.2, 0.25) is 0 Å². The lowest BCUT2D eigenvalue weighted by Gasteiger charge is -2.01. The molecule has 0 aliphatic heterocycles. The molecule has 5 nitrogen and oxygen atoms in total. The van der Waals surface area contributed by atoms with Gasteiger partial charge in [-0.15, -0.1) is 0 Å². The number of hydrogen-bond donors (Lipinski definition) is 0. The minimum absolute atomic E-state index is 0.234. The lowest BCUT2D eigenvalue weighted by molar-refractivity contribution is 0.219. The van der Waals surface area contributed by atoms with Crippen molar-refractivity contribution in [1.82, 2.24) is 9.78 Å². The van der Waals surface area contributed by atoms with Crippen LogP contribution in [0.3, 0.4) is 0 Å². The van der Waals surface area contributed by atoms with Crippen LogP contribution >= 0.6 is 0 Å². The van der Waals surface area contributed by atoms with Crippen LogP contribution in [0.25, 0.3) is 0 Å². The van der Waals surface area contributed by atoms with Crippen molar-refractivity contribution in [1.29, 1.82) is 0 Å². The molecule has 0 aromatic carbocycles. The summed E-state index contributed by atoms with van der Waals surface area (Å²) in [6, 6.07) is 0. The van der Waals surface area contributed by atoms with Gasteiger partial charge in [0.1, 0.15) is 0 Å². The third kappa shape index (κ3) is 2.38. The number of rotatable bonds is 3. The number of halogens is 2. The van der Waals surface area contributed by atoms with Crippen molar-refractivity contribution in [3.8, 4) is 5.75 Å². The van der Waals surface area contributed by atoms with Gasteiger partial charge < -0.3 is 4.18 Å². The predicted octanol–water partition coefficient (Wildman–Crippen LogP) is 0.351. The average molecular weight is 212 g/mol. The minimum Gasteiger partial charge on any atom is -0.375 e. The molecule has 0 N–H and O–H groups in total. The van der Waals surface area contributed by atoms with E-state index in [1.807, 2.05) is 0 Å². The van der Waals surface area contributed by atoms with Crippen LogP contribution in [0.15, 0.2) is 12.4 Å². The van der Waals surface area contributed by atoms with Crippen molar-refractivity contribution in [2.45, 2.75) is 5.76 Å². The number of aromatic nitrogens is 2. The van der Waals surface area contributed by atoms with Crippen LogP contribution in [-0.2, 0) is 17.2 Å². The lowest BCUT2D eigenvalue weighted by atomic mass is 10.7. The minimum atomic E-state index is -4.82. The molecule has 0 bridgehead atoms. The molecule has 0 saturated carbocycles. The summed E-state index contributed by atoms with van der Waals surface area (Å²) < 4.78 is 49.8. The first-order valence-electron chi connectivity index (χ1n) is 3.12. The van der Waals surface area contributed by atoms with Crippen molar-refractivity contribution >= 4 is 10.1 Å². The fraction of sp³-hybridized carbons (Fsp3) is 0.400. The van der Waals surface area contributed by atoms with E-state index in [1.165, 1.54) is 17.9 Å². The molecule has 1 heterocycles. The van der Waals surface area contributed by atoms with E-state index in [0.717, 1.165) is 6.20 Å². The van der Waals surface area contributed by atoms with Gasteiger partial charge in [-0.3, -0.25) is 4.68 Å². The van der Waals surface area contributed by atoms with Crippen LogP contribution in [-0.4, -0.2) is 24.0 Å². The van der Waals surface area contributed by atoms with Gasteiger partial charge in [-0.05, 0) is 0 Å². The molecule has 8 heteroatoms. The third-order valence-corrected chi connectivity index (χ3v) is 1.97. The maximum Gasteiger partial charge on any atom is 0.373 e. The van der Waals surface area contributed by atoms with E-state index in [4.69, 9.17) is 0 Å². The molecule has 0 saturated heterocycles. The molecule has 1 aromatic heterocycles. The maximum absolute atomic E-state index is 11.8. The van der Waals surface area contributed by atoms with Gasteiger partial charge in [0.2, 0.25) is 0 Å². The molecule has 0 fully saturated rings. The molecular weight excluding hydrogens is 206 g/mol. The zero-order chi connectivity index (χ0) is 10.1. The van der Waals surface area contributed by atoms with Gasteiger partial charge in [-0.1, -0.05) is 0 Å². The molecule has 0 amide bonds. The van der Waals surface area contributed by atoms with Crippen molar-refractivity contribution in [3.63, 3.8) is 0 Å². The topological polar surface area (TPSA) is 61.2 Å². The quantitative estimate of drug-likeness (QED) is 0.678. The van der Waals surface area contributed by atoms with Gasteiger partial charge in [0.15, 0.2) is 5.75 Å². The Kier molecular flexibility index (Phi) is 2.50. The molecule has 13 heavy (non-hydrogen) atoms. The van der Waals surface area contributed by atoms with Gasteiger partial charge in [0.05, 0.1) is 12.4 Å². The van der Waals surface area contributed by atoms with Crippen LogP contribution < -0.4 is 4.18 Å². The van der Waals surface area contributed by atoms with Gasteiger partial charge in [-0.25, -0.2) is 0 Å². The van der Waals surface area contributed by atoms with E-state index < -0.39 is 15.9 Å². The summed E-state index contributed by atoms with van der Waals surface area (Å²) in [5, 5.41) is 3.54. The normalized spacial score (nSPS) is 12.0. The smallest absolute Gasteiger partial charge is 0.373 e. The van der Waals surface area contributed by atoms with Crippen LogP contribution in [0.5, 0.6) is 5.75 Å². The summed E-state index contributed by atoms with van der Waals surface area (Å²) in [6.07, 6.45) is 2.19. The number of nitrogens with zero attached hydrogens (tertiary/aromatic N) is 2. The second-order valence-electron chi connectivity index (χ2n) is 2.19. The van der Waals surface area contributed by atoms with E-state index in [0.29, 0.717) is 0 Å². The fourth-order valence-corrected chi connectivity index (χ4v) is 1.04. The standard InChI is InChI=1S/C5H6F2N2O3S/c1-9-3-4(2-8-9)12-13(10,11)5(6)7/h2-3,5H,1H3. The Hall–Kier alpha value is -1.18. The first kappa shape index (κ1) is 9.90. The first-order chi connectivity index (χ1) is 5.92. The summed E-state index contributed by atoms with van der Waals surface area (Å²) in [5.41, 5.74) is 0. The number of aryl methyl sites for hydroxylation is 1. The molecule has 0 radical (unpaired) electrons. The molecule has 1 rings (SSSR count). The van der Waals surface area contributed by atoms with Crippen molar-refractivity contribution in [2.24, 2.45) is 7.05 Å². The average Bonchev–Trinajstić information content (AvgIpc) is 2.34. The Morgan fingerprint density at radius 2 is 2.23 bits per heavy atom. The zero-order valence-corrected chi connectivity index (χ0v) is 7.33. The van der Waals surface area contributed by atoms with Crippen molar-refractivity contribution in [2.75, 3.05) is 0 Å². The lowest BCUT2D eigenvalue weighted by Crippen LogP contribution is -2.17. The maximum atomic E-state index is 11.8. The first-order valence-corrected chi connectivity index (χ1v) is 4.59. The monoisotopic (exact) mass is 212 g/mol. The molecule has 0 spiro atoms. The number of hydrogen-bond acceptors (Lipinski definition) is 4. The molecule has 0 aliphatic carbocycles. The van der Waals surface area contributed by atoms with Crippen LogP contribution in [0.1, 0.15) is 0 Å². The van der Waals surface area contributed by atoms with E-state index >= 15 is 0 Å².